The summed E-state index contributed by atoms with van der Waals surface area (Å²) in [6, 6.07) is 0. The van der Waals surface area contributed by atoms with Crippen molar-refractivity contribution in [3.8, 4) is 0 Å². The highest BCUT2D eigenvalue weighted by molar-refractivity contribution is 6.20. The molecular formula is C11H18ClN3. The number of alkyl halides is 1. The first-order valence-corrected chi connectivity index (χ1v) is 6.24. The number of aryl methyl sites for hydroxylation is 1. The Balaban J connectivity index is 1.96. The maximum absolute atomic E-state index is 6.18. The lowest BCUT2D eigenvalue weighted by Gasteiger charge is -2.24. The normalized spacial score (nSPS) is 26.8. The van der Waals surface area contributed by atoms with E-state index < -0.39 is 0 Å². The smallest absolute Gasteiger partial charge is 0.138 e. The number of halogens is 1. The maximum atomic E-state index is 6.18. The van der Waals surface area contributed by atoms with Crippen molar-refractivity contribution >= 4 is 11.6 Å². The van der Waals surface area contributed by atoms with E-state index in [9.17, 15) is 0 Å². The average Bonchev–Trinajstić information content (AvgIpc) is 2.65. The van der Waals surface area contributed by atoms with Gasteiger partial charge in [0, 0.05) is 18.3 Å². The molecule has 0 radical (unpaired) electrons. The lowest BCUT2D eigenvalue weighted by atomic mass is 9.86. The molecule has 0 aromatic carbocycles. The van der Waals surface area contributed by atoms with Crippen molar-refractivity contribution in [2.75, 3.05) is 0 Å². The van der Waals surface area contributed by atoms with Crippen molar-refractivity contribution in [1.29, 1.82) is 0 Å². The fourth-order valence-electron chi connectivity index (χ4n) is 2.38. The monoisotopic (exact) mass is 227 g/mol. The van der Waals surface area contributed by atoms with Gasteiger partial charge in [-0.25, -0.2) is 4.98 Å². The largest absolute Gasteiger partial charge is 0.250 e. The van der Waals surface area contributed by atoms with Gasteiger partial charge in [-0.2, -0.15) is 5.10 Å². The third-order valence-electron chi connectivity index (χ3n) is 3.19. The first-order chi connectivity index (χ1) is 7.29. The first kappa shape index (κ1) is 10.9. The molecule has 1 aliphatic rings. The third kappa shape index (κ3) is 2.71. The fourth-order valence-corrected chi connectivity index (χ4v) is 2.79. The van der Waals surface area contributed by atoms with E-state index in [0.717, 1.165) is 25.2 Å². The average molecular weight is 228 g/mol. The molecular weight excluding hydrogens is 210 g/mol. The molecule has 1 saturated carbocycles. The van der Waals surface area contributed by atoms with Gasteiger partial charge in [0.2, 0.25) is 0 Å². The lowest BCUT2D eigenvalue weighted by Crippen LogP contribution is -2.19. The van der Waals surface area contributed by atoms with Crippen molar-refractivity contribution in [2.45, 2.75) is 50.9 Å². The summed E-state index contributed by atoms with van der Waals surface area (Å²) < 4.78 is 1.98. The Bertz CT molecular complexity index is 311. The van der Waals surface area contributed by atoms with Crippen LogP contribution in [0.5, 0.6) is 0 Å². The molecule has 84 valence electrons. The molecule has 3 nitrogen and oxygen atoms in total. The number of nitrogens with zero attached hydrogens (tertiary/aromatic N) is 3. The molecule has 2 atom stereocenters. The van der Waals surface area contributed by atoms with Gasteiger partial charge < -0.3 is 0 Å². The minimum absolute atomic E-state index is 0.377. The molecule has 0 bridgehead atoms. The summed E-state index contributed by atoms with van der Waals surface area (Å²) in [5.74, 6) is 1.82. The molecule has 2 unspecified atom stereocenters. The molecule has 15 heavy (non-hydrogen) atoms. The molecule has 1 aromatic rings. The van der Waals surface area contributed by atoms with Gasteiger partial charge >= 0.3 is 0 Å². The summed E-state index contributed by atoms with van der Waals surface area (Å²) >= 11 is 6.18. The van der Waals surface area contributed by atoms with Crippen LogP contribution in [-0.4, -0.2) is 20.1 Å². The minimum Gasteiger partial charge on any atom is -0.250 e. The Morgan fingerprint density at radius 1 is 1.53 bits per heavy atom. The molecule has 0 aliphatic heterocycles. The van der Waals surface area contributed by atoms with Crippen LogP contribution in [0.15, 0.2) is 6.33 Å². The van der Waals surface area contributed by atoms with Gasteiger partial charge in [-0.15, -0.1) is 11.6 Å². The molecule has 1 aromatic heterocycles. The van der Waals surface area contributed by atoms with E-state index in [4.69, 9.17) is 11.6 Å². The molecule has 0 amide bonds. The van der Waals surface area contributed by atoms with E-state index in [1.54, 1.807) is 6.33 Å². The molecule has 0 spiro atoms. The van der Waals surface area contributed by atoms with E-state index in [2.05, 4.69) is 17.0 Å². The standard InChI is InChI=1S/C11H18ClN3/c1-2-15-11(13-8-14-15)7-9-4-3-5-10(12)6-9/h8-10H,2-7H2,1H3. The predicted octanol–water partition coefficient (Wildman–Crippen LogP) is 2.64. The molecule has 1 fully saturated rings. The molecule has 4 heteroatoms. The Morgan fingerprint density at radius 3 is 3.13 bits per heavy atom. The van der Waals surface area contributed by atoms with E-state index in [-0.39, 0.29) is 0 Å². The summed E-state index contributed by atoms with van der Waals surface area (Å²) in [7, 11) is 0. The van der Waals surface area contributed by atoms with E-state index in [0.29, 0.717) is 11.3 Å². The van der Waals surface area contributed by atoms with Gasteiger partial charge in [0.1, 0.15) is 12.2 Å². The van der Waals surface area contributed by atoms with Crippen LogP contribution in [0.3, 0.4) is 0 Å². The molecule has 2 rings (SSSR count). The van der Waals surface area contributed by atoms with Gasteiger partial charge in [0.15, 0.2) is 0 Å². The zero-order valence-corrected chi connectivity index (χ0v) is 9.95. The molecule has 1 heterocycles. The minimum atomic E-state index is 0.377. The summed E-state index contributed by atoms with van der Waals surface area (Å²) in [6.45, 7) is 3.01. The van der Waals surface area contributed by atoms with E-state index in [1.165, 1.54) is 19.3 Å². The van der Waals surface area contributed by atoms with Crippen LogP contribution in [-0.2, 0) is 13.0 Å². The topological polar surface area (TPSA) is 30.7 Å². The number of hydrogen-bond donors (Lipinski definition) is 0. The van der Waals surface area contributed by atoms with Crippen molar-refractivity contribution in [3.63, 3.8) is 0 Å². The van der Waals surface area contributed by atoms with Crippen LogP contribution in [0.4, 0.5) is 0 Å². The van der Waals surface area contributed by atoms with Crippen LogP contribution >= 0.6 is 11.6 Å². The van der Waals surface area contributed by atoms with Gasteiger partial charge in [-0.1, -0.05) is 6.42 Å². The SMILES string of the molecule is CCn1ncnc1CC1CCCC(Cl)C1. The predicted molar refractivity (Wildman–Crippen MR) is 61.0 cm³/mol. The van der Waals surface area contributed by atoms with Crippen LogP contribution in [0, 0.1) is 5.92 Å². The number of hydrogen-bond acceptors (Lipinski definition) is 2. The second kappa shape index (κ2) is 4.97. The van der Waals surface area contributed by atoms with Gasteiger partial charge in [-0.3, -0.25) is 4.68 Å². The first-order valence-electron chi connectivity index (χ1n) is 5.80. The highest BCUT2D eigenvalue weighted by Gasteiger charge is 2.21. The summed E-state index contributed by atoms with van der Waals surface area (Å²) in [4.78, 5) is 4.31. The van der Waals surface area contributed by atoms with Crippen molar-refractivity contribution < 1.29 is 0 Å². The van der Waals surface area contributed by atoms with Crippen molar-refractivity contribution in [3.05, 3.63) is 12.2 Å². The Kier molecular flexibility index (Phi) is 3.62. The van der Waals surface area contributed by atoms with Crippen LogP contribution in [0.25, 0.3) is 0 Å². The zero-order valence-electron chi connectivity index (χ0n) is 9.19. The number of rotatable bonds is 3. The Hall–Kier alpha value is -0.570. The van der Waals surface area contributed by atoms with Crippen LogP contribution in [0.2, 0.25) is 0 Å². The fraction of sp³-hybridized carbons (Fsp3) is 0.818. The van der Waals surface area contributed by atoms with Gasteiger partial charge in [-0.05, 0) is 32.1 Å². The van der Waals surface area contributed by atoms with E-state index >= 15 is 0 Å². The Morgan fingerprint density at radius 2 is 2.40 bits per heavy atom. The lowest BCUT2D eigenvalue weighted by molar-refractivity contribution is 0.350. The van der Waals surface area contributed by atoms with Crippen molar-refractivity contribution in [1.82, 2.24) is 14.8 Å². The van der Waals surface area contributed by atoms with Crippen LogP contribution in [0.1, 0.15) is 38.4 Å². The van der Waals surface area contributed by atoms with E-state index in [1.807, 2.05) is 4.68 Å². The molecule has 1 aliphatic carbocycles. The quantitative estimate of drug-likeness (QED) is 0.744. The zero-order chi connectivity index (χ0) is 10.7. The van der Waals surface area contributed by atoms with Crippen LogP contribution < -0.4 is 0 Å². The highest BCUT2D eigenvalue weighted by Crippen LogP contribution is 2.29. The molecule has 0 saturated heterocycles. The summed E-state index contributed by atoms with van der Waals surface area (Å²) in [6.07, 6.45) is 7.56. The second-order valence-corrected chi connectivity index (χ2v) is 4.94. The third-order valence-corrected chi connectivity index (χ3v) is 3.58. The van der Waals surface area contributed by atoms with Gasteiger partial charge in [0.05, 0.1) is 0 Å². The molecule has 0 N–H and O–H groups in total. The summed E-state index contributed by atoms with van der Waals surface area (Å²) in [5.41, 5.74) is 0. The Labute approximate surface area is 95.8 Å². The maximum Gasteiger partial charge on any atom is 0.138 e. The number of aromatic nitrogens is 3. The van der Waals surface area contributed by atoms with Crippen molar-refractivity contribution in [2.24, 2.45) is 5.92 Å². The second-order valence-electron chi connectivity index (χ2n) is 4.33. The van der Waals surface area contributed by atoms with Gasteiger partial charge in [0.25, 0.3) is 0 Å². The summed E-state index contributed by atoms with van der Waals surface area (Å²) in [5, 5.41) is 4.57. The highest BCUT2D eigenvalue weighted by atomic mass is 35.5.